The van der Waals surface area contributed by atoms with Crippen LogP contribution in [-0.4, -0.2) is 24.1 Å². The smallest absolute Gasteiger partial charge is 0.221 e. The van der Waals surface area contributed by atoms with Crippen LogP contribution in [0.25, 0.3) is 0 Å². The van der Waals surface area contributed by atoms with E-state index in [9.17, 15) is 4.79 Å². The van der Waals surface area contributed by atoms with Gasteiger partial charge in [0, 0.05) is 14.0 Å². The molecule has 0 bridgehead atoms. The van der Waals surface area contributed by atoms with E-state index >= 15 is 0 Å². The highest BCUT2D eigenvalue weighted by molar-refractivity contribution is 5.73. The molecule has 1 aromatic carbocycles. The third kappa shape index (κ3) is 3.51. The Balaban J connectivity index is 2.52. The molecule has 1 aromatic rings. The number of hydrogen-bond donors (Lipinski definition) is 0. The van der Waals surface area contributed by atoms with Crippen LogP contribution in [0.15, 0.2) is 43.0 Å². The van der Waals surface area contributed by atoms with Crippen LogP contribution in [0.4, 0.5) is 0 Å². The highest BCUT2D eigenvalue weighted by atomic mass is 16.5. The van der Waals surface area contributed by atoms with Gasteiger partial charge in [0.15, 0.2) is 6.23 Å². The molecule has 1 rings (SSSR count). The van der Waals surface area contributed by atoms with Gasteiger partial charge in [-0.1, -0.05) is 36.9 Å². The Morgan fingerprint density at radius 2 is 2.12 bits per heavy atom. The van der Waals surface area contributed by atoms with E-state index in [1.165, 1.54) is 11.8 Å². The molecule has 0 aliphatic rings. The standard InChI is InChI=1S/C13H17NO2/c1-4-13(14(3)11(2)15)16-10-12-8-6-5-7-9-12/h4-9,13H,1,10H2,2-3H3. The molecule has 0 saturated carbocycles. The molecule has 0 spiro atoms. The van der Waals surface area contributed by atoms with Crippen LogP contribution in [0.3, 0.4) is 0 Å². The molecule has 0 saturated heterocycles. The summed E-state index contributed by atoms with van der Waals surface area (Å²) in [7, 11) is 1.69. The molecule has 3 nitrogen and oxygen atoms in total. The summed E-state index contributed by atoms with van der Waals surface area (Å²) in [5.41, 5.74) is 1.08. The van der Waals surface area contributed by atoms with Gasteiger partial charge in [-0.2, -0.15) is 0 Å². The number of likely N-dealkylation sites (N-methyl/N-ethyl adjacent to an activating group) is 1. The van der Waals surface area contributed by atoms with Crippen LogP contribution >= 0.6 is 0 Å². The minimum absolute atomic E-state index is 0.0436. The predicted octanol–water partition coefficient (Wildman–Crippen LogP) is 2.19. The molecule has 16 heavy (non-hydrogen) atoms. The van der Waals surface area contributed by atoms with E-state index in [1.807, 2.05) is 30.3 Å². The van der Waals surface area contributed by atoms with Crippen LogP contribution in [0, 0.1) is 0 Å². The summed E-state index contributed by atoms with van der Waals surface area (Å²) in [6, 6.07) is 9.82. The minimum Gasteiger partial charge on any atom is -0.350 e. The molecule has 1 unspecified atom stereocenters. The Bertz CT molecular complexity index is 348. The maximum atomic E-state index is 11.2. The van der Waals surface area contributed by atoms with E-state index in [2.05, 4.69) is 6.58 Å². The first-order chi connectivity index (χ1) is 7.65. The Morgan fingerprint density at radius 3 is 2.62 bits per heavy atom. The minimum atomic E-state index is -0.377. The van der Waals surface area contributed by atoms with Crippen molar-refractivity contribution in [2.75, 3.05) is 7.05 Å². The lowest BCUT2D eigenvalue weighted by molar-refractivity contribution is -0.137. The van der Waals surface area contributed by atoms with Gasteiger partial charge < -0.3 is 9.64 Å². The summed E-state index contributed by atoms with van der Waals surface area (Å²) in [6.45, 7) is 5.63. The summed E-state index contributed by atoms with van der Waals surface area (Å²) in [5.74, 6) is -0.0436. The molecule has 3 heteroatoms. The molecule has 1 atom stereocenters. The fraction of sp³-hybridized carbons (Fsp3) is 0.308. The van der Waals surface area contributed by atoms with Crippen LogP contribution in [0.2, 0.25) is 0 Å². The Morgan fingerprint density at radius 1 is 1.50 bits per heavy atom. The third-order valence-corrected chi connectivity index (χ3v) is 2.34. The highest BCUT2D eigenvalue weighted by Crippen LogP contribution is 2.06. The van der Waals surface area contributed by atoms with Gasteiger partial charge in [0.2, 0.25) is 5.91 Å². The number of rotatable bonds is 5. The average molecular weight is 219 g/mol. The highest BCUT2D eigenvalue weighted by Gasteiger charge is 2.13. The molecule has 86 valence electrons. The van der Waals surface area contributed by atoms with Crippen LogP contribution < -0.4 is 0 Å². The SMILES string of the molecule is C=CC(OCc1ccccc1)N(C)C(C)=O. The lowest BCUT2D eigenvalue weighted by atomic mass is 10.2. The second-order valence-corrected chi connectivity index (χ2v) is 3.55. The van der Waals surface area contributed by atoms with Gasteiger partial charge in [-0.3, -0.25) is 4.79 Å². The monoisotopic (exact) mass is 219 g/mol. The number of carbonyl (C=O) groups is 1. The molecule has 0 fully saturated rings. The zero-order valence-electron chi connectivity index (χ0n) is 9.72. The average Bonchev–Trinajstić information content (AvgIpc) is 2.30. The normalized spacial score (nSPS) is 11.9. The Hall–Kier alpha value is -1.61. The van der Waals surface area contributed by atoms with Gasteiger partial charge in [0.1, 0.15) is 0 Å². The zero-order chi connectivity index (χ0) is 12.0. The van der Waals surface area contributed by atoms with Crippen molar-refractivity contribution in [2.24, 2.45) is 0 Å². The molecule has 0 radical (unpaired) electrons. The van der Waals surface area contributed by atoms with Crippen molar-refractivity contribution < 1.29 is 9.53 Å². The van der Waals surface area contributed by atoms with E-state index in [0.29, 0.717) is 6.61 Å². The second kappa shape index (κ2) is 6.08. The van der Waals surface area contributed by atoms with Crippen molar-refractivity contribution >= 4 is 5.91 Å². The van der Waals surface area contributed by atoms with Crippen LogP contribution in [0.5, 0.6) is 0 Å². The van der Waals surface area contributed by atoms with Gasteiger partial charge in [-0.15, -0.1) is 0 Å². The summed E-state index contributed by atoms with van der Waals surface area (Å²) in [6.07, 6.45) is 1.24. The van der Waals surface area contributed by atoms with E-state index < -0.39 is 0 Å². The summed E-state index contributed by atoms with van der Waals surface area (Å²) < 4.78 is 5.59. The molecule has 0 aromatic heterocycles. The first-order valence-electron chi connectivity index (χ1n) is 5.16. The van der Waals surface area contributed by atoms with Crippen molar-refractivity contribution in [3.63, 3.8) is 0 Å². The molecule has 0 aliphatic carbocycles. The van der Waals surface area contributed by atoms with Gasteiger partial charge in [-0.05, 0) is 11.6 Å². The number of hydrogen-bond acceptors (Lipinski definition) is 2. The second-order valence-electron chi connectivity index (χ2n) is 3.55. The molecule has 0 aliphatic heterocycles. The van der Waals surface area contributed by atoms with E-state index in [1.54, 1.807) is 13.1 Å². The van der Waals surface area contributed by atoms with Crippen molar-refractivity contribution in [2.45, 2.75) is 19.8 Å². The van der Waals surface area contributed by atoms with Crippen molar-refractivity contribution in [3.05, 3.63) is 48.6 Å². The number of ether oxygens (including phenoxy) is 1. The number of amides is 1. The summed E-state index contributed by atoms with van der Waals surface area (Å²) >= 11 is 0. The lowest BCUT2D eigenvalue weighted by Crippen LogP contribution is -2.35. The fourth-order valence-corrected chi connectivity index (χ4v) is 1.27. The van der Waals surface area contributed by atoms with Crippen molar-refractivity contribution in [1.29, 1.82) is 0 Å². The van der Waals surface area contributed by atoms with E-state index in [0.717, 1.165) is 5.56 Å². The first kappa shape index (κ1) is 12.5. The molecular formula is C13H17NO2. The maximum absolute atomic E-state index is 11.2. The quantitative estimate of drug-likeness (QED) is 0.561. The Labute approximate surface area is 96.3 Å². The number of carbonyl (C=O) groups excluding carboxylic acids is 1. The van der Waals surface area contributed by atoms with Gasteiger partial charge >= 0.3 is 0 Å². The van der Waals surface area contributed by atoms with Crippen molar-refractivity contribution in [3.8, 4) is 0 Å². The summed E-state index contributed by atoms with van der Waals surface area (Å²) in [4.78, 5) is 12.7. The maximum Gasteiger partial charge on any atom is 0.221 e. The van der Waals surface area contributed by atoms with Crippen molar-refractivity contribution in [1.82, 2.24) is 4.90 Å². The molecule has 0 N–H and O–H groups in total. The molecule has 0 heterocycles. The lowest BCUT2D eigenvalue weighted by Gasteiger charge is -2.24. The van der Waals surface area contributed by atoms with Gasteiger partial charge in [0.05, 0.1) is 6.61 Å². The fourth-order valence-electron chi connectivity index (χ4n) is 1.27. The van der Waals surface area contributed by atoms with E-state index in [4.69, 9.17) is 4.74 Å². The Kier molecular flexibility index (Phi) is 4.73. The zero-order valence-corrected chi connectivity index (χ0v) is 9.72. The number of benzene rings is 1. The third-order valence-electron chi connectivity index (χ3n) is 2.34. The largest absolute Gasteiger partial charge is 0.350 e. The topological polar surface area (TPSA) is 29.5 Å². The molecule has 1 amide bonds. The first-order valence-corrected chi connectivity index (χ1v) is 5.16. The van der Waals surface area contributed by atoms with Gasteiger partial charge in [-0.25, -0.2) is 0 Å². The van der Waals surface area contributed by atoms with Crippen LogP contribution in [-0.2, 0) is 16.1 Å². The molecular weight excluding hydrogens is 202 g/mol. The predicted molar refractivity (Wildman–Crippen MR) is 63.7 cm³/mol. The summed E-state index contributed by atoms with van der Waals surface area (Å²) in [5, 5.41) is 0. The number of nitrogens with zero attached hydrogens (tertiary/aromatic N) is 1. The van der Waals surface area contributed by atoms with E-state index in [-0.39, 0.29) is 12.1 Å². The van der Waals surface area contributed by atoms with Crippen LogP contribution in [0.1, 0.15) is 12.5 Å². The van der Waals surface area contributed by atoms with Gasteiger partial charge in [0.25, 0.3) is 0 Å².